The second kappa shape index (κ2) is 7.65. The number of para-hydroxylation sites is 1. The summed E-state index contributed by atoms with van der Waals surface area (Å²) in [5.41, 5.74) is 5.77. The zero-order chi connectivity index (χ0) is 21.4. The Labute approximate surface area is 180 Å². The van der Waals surface area contributed by atoms with Crippen molar-refractivity contribution >= 4 is 38.7 Å². The third-order valence-electron chi connectivity index (χ3n) is 5.60. The summed E-state index contributed by atoms with van der Waals surface area (Å²) in [5.74, 6) is 0. The fourth-order valence-electron chi connectivity index (χ4n) is 4.01. The standard InChI is InChI=1S/C27H23N3O/c1-30(2)21-14-12-20(13-15-21)28-25-17-19(18-8-4-3-5-9-18)16-23-22-10-6-7-11-24(22)29-27(31)26(23)25/h3-17,28H,1-2H3,(H,29,31). The highest BCUT2D eigenvalue weighted by atomic mass is 16.1. The molecular weight excluding hydrogens is 382 g/mol. The smallest absolute Gasteiger partial charge is 0.258 e. The van der Waals surface area contributed by atoms with Crippen molar-refractivity contribution in [3.63, 3.8) is 0 Å². The lowest BCUT2D eigenvalue weighted by atomic mass is 9.98. The number of hydrogen-bond acceptors (Lipinski definition) is 3. The van der Waals surface area contributed by atoms with Gasteiger partial charge in [0.2, 0.25) is 0 Å². The molecule has 0 fully saturated rings. The molecule has 5 rings (SSSR count). The molecule has 0 radical (unpaired) electrons. The van der Waals surface area contributed by atoms with Crippen molar-refractivity contribution in [3.8, 4) is 11.1 Å². The van der Waals surface area contributed by atoms with E-state index in [1.807, 2.05) is 62.6 Å². The predicted molar refractivity (Wildman–Crippen MR) is 132 cm³/mol. The van der Waals surface area contributed by atoms with Crippen LogP contribution in [0, 0.1) is 0 Å². The molecule has 0 atom stereocenters. The normalized spacial score (nSPS) is 11.0. The van der Waals surface area contributed by atoms with Crippen LogP contribution >= 0.6 is 0 Å². The summed E-state index contributed by atoms with van der Waals surface area (Å²) in [4.78, 5) is 18.2. The van der Waals surface area contributed by atoms with Gasteiger partial charge < -0.3 is 15.2 Å². The largest absolute Gasteiger partial charge is 0.378 e. The molecule has 0 spiro atoms. The molecule has 0 saturated heterocycles. The summed E-state index contributed by atoms with van der Waals surface area (Å²) >= 11 is 0. The van der Waals surface area contributed by atoms with E-state index in [0.717, 1.165) is 44.5 Å². The Morgan fingerprint density at radius 3 is 2.19 bits per heavy atom. The van der Waals surface area contributed by atoms with E-state index in [2.05, 4.69) is 57.7 Å². The maximum absolute atomic E-state index is 13.1. The third-order valence-corrected chi connectivity index (χ3v) is 5.60. The van der Waals surface area contributed by atoms with Gasteiger partial charge in [-0.25, -0.2) is 0 Å². The van der Waals surface area contributed by atoms with Crippen molar-refractivity contribution in [1.29, 1.82) is 0 Å². The molecular formula is C27H23N3O. The molecule has 152 valence electrons. The number of aromatic nitrogens is 1. The topological polar surface area (TPSA) is 48.1 Å². The molecule has 0 saturated carbocycles. The van der Waals surface area contributed by atoms with Crippen molar-refractivity contribution in [2.45, 2.75) is 0 Å². The van der Waals surface area contributed by atoms with Crippen LogP contribution in [0.1, 0.15) is 0 Å². The first kappa shape index (κ1) is 18.9. The van der Waals surface area contributed by atoms with E-state index in [-0.39, 0.29) is 5.56 Å². The lowest BCUT2D eigenvalue weighted by Crippen LogP contribution is -2.10. The van der Waals surface area contributed by atoms with Crippen LogP contribution in [0.25, 0.3) is 32.8 Å². The Kier molecular flexibility index (Phi) is 4.68. The second-order valence-corrected chi connectivity index (χ2v) is 7.88. The van der Waals surface area contributed by atoms with E-state index in [0.29, 0.717) is 5.39 Å². The van der Waals surface area contributed by atoms with Gasteiger partial charge >= 0.3 is 0 Å². The maximum atomic E-state index is 13.1. The van der Waals surface area contributed by atoms with Crippen LogP contribution in [0.4, 0.5) is 17.1 Å². The molecule has 0 unspecified atom stereocenters. The molecule has 5 aromatic rings. The van der Waals surface area contributed by atoms with E-state index in [1.165, 1.54) is 0 Å². The number of aromatic amines is 1. The Hall–Kier alpha value is -4.05. The SMILES string of the molecule is CN(C)c1ccc(Nc2cc(-c3ccccc3)cc3c2c(=O)[nH]c2ccccc23)cc1. The molecule has 0 aliphatic carbocycles. The van der Waals surface area contributed by atoms with Crippen LogP contribution in [-0.2, 0) is 0 Å². The molecule has 4 nitrogen and oxygen atoms in total. The van der Waals surface area contributed by atoms with E-state index in [9.17, 15) is 4.79 Å². The summed E-state index contributed by atoms with van der Waals surface area (Å²) in [5, 5.41) is 6.12. The van der Waals surface area contributed by atoms with E-state index in [1.54, 1.807) is 0 Å². The second-order valence-electron chi connectivity index (χ2n) is 7.88. The fraction of sp³-hybridized carbons (Fsp3) is 0.0741. The number of nitrogens with one attached hydrogen (secondary N) is 2. The zero-order valence-electron chi connectivity index (χ0n) is 17.5. The van der Waals surface area contributed by atoms with Gasteiger partial charge in [-0.05, 0) is 59.0 Å². The third kappa shape index (κ3) is 3.53. The van der Waals surface area contributed by atoms with Gasteiger partial charge in [-0.1, -0.05) is 48.5 Å². The molecule has 4 heteroatoms. The van der Waals surface area contributed by atoms with Crippen LogP contribution in [0.15, 0.2) is 95.8 Å². The first-order valence-corrected chi connectivity index (χ1v) is 10.3. The Bertz CT molecular complexity index is 1440. The highest BCUT2D eigenvalue weighted by Crippen LogP contribution is 2.34. The van der Waals surface area contributed by atoms with Gasteiger partial charge in [0.05, 0.1) is 11.1 Å². The van der Waals surface area contributed by atoms with Gasteiger partial charge in [-0.2, -0.15) is 0 Å². The first-order chi connectivity index (χ1) is 15.1. The van der Waals surface area contributed by atoms with Crippen molar-refractivity contribution in [2.24, 2.45) is 0 Å². The number of H-pyrrole nitrogens is 1. The van der Waals surface area contributed by atoms with Crippen molar-refractivity contribution < 1.29 is 0 Å². The highest BCUT2D eigenvalue weighted by Gasteiger charge is 2.13. The van der Waals surface area contributed by atoms with Gasteiger partial charge in [-0.15, -0.1) is 0 Å². The summed E-state index contributed by atoms with van der Waals surface area (Å²) < 4.78 is 0. The minimum Gasteiger partial charge on any atom is -0.378 e. The number of pyridine rings is 1. The minimum absolute atomic E-state index is 0.0966. The molecule has 1 heterocycles. The van der Waals surface area contributed by atoms with Crippen molar-refractivity contribution in [3.05, 3.63) is 101 Å². The highest BCUT2D eigenvalue weighted by molar-refractivity contribution is 6.11. The number of rotatable bonds is 4. The van der Waals surface area contributed by atoms with Crippen molar-refractivity contribution in [2.75, 3.05) is 24.3 Å². The number of anilines is 3. The summed E-state index contributed by atoms with van der Waals surface area (Å²) in [6.45, 7) is 0. The molecule has 4 aromatic carbocycles. The number of nitrogens with zero attached hydrogens (tertiary/aromatic N) is 1. The Morgan fingerprint density at radius 1 is 0.742 bits per heavy atom. The van der Waals surface area contributed by atoms with Gasteiger partial charge in [0.25, 0.3) is 5.56 Å². The zero-order valence-corrected chi connectivity index (χ0v) is 17.5. The molecule has 0 bridgehead atoms. The average Bonchev–Trinajstić information content (AvgIpc) is 2.80. The number of fused-ring (bicyclic) bond motifs is 3. The van der Waals surface area contributed by atoms with Crippen molar-refractivity contribution in [1.82, 2.24) is 4.98 Å². The van der Waals surface area contributed by atoms with E-state index >= 15 is 0 Å². The van der Waals surface area contributed by atoms with Crippen LogP contribution in [0.5, 0.6) is 0 Å². The lowest BCUT2D eigenvalue weighted by molar-refractivity contribution is 1.13. The van der Waals surface area contributed by atoms with E-state index in [4.69, 9.17) is 0 Å². The Morgan fingerprint density at radius 2 is 1.45 bits per heavy atom. The lowest BCUT2D eigenvalue weighted by Gasteiger charge is -2.16. The van der Waals surface area contributed by atoms with Gasteiger partial charge in [0.15, 0.2) is 0 Å². The van der Waals surface area contributed by atoms with Crippen LogP contribution in [-0.4, -0.2) is 19.1 Å². The van der Waals surface area contributed by atoms with Crippen LogP contribution in [0.2, 0.25) is 0 Å². The first-order valence-electron chi connectivity index (χ1n) is 10.3. The number of hydrogen-bond donors (Lipinski definition) is 2. The fourth-order valence-corrected chi connectivity index (χ4v) is 4.01. The van der Waals surface area contributed by atoms with Gasteiger partial charge in [0.1, 0.15) is 0 Å². The molecule has 0 aliphatic heterocycles. The Balaban J connectivity index is 1.75. The van der Waals surface area contributed by atoms with Gasteiger partial charge in [-0.3, -0.25) is 4.79 Å². The predicted octanol–water partition coefficient (Wildman–Crippen LogP) is 6.16. The molecule has 2 N–H and O–H groups in total. The minimum atomic E-state index is -0.0966. The quantitative estimate of drug-likeness (QED) is 0.352. The maximum Gasteiger partial charge on any atom is 0.258 e. The summed E-state index contributed by atoms with van der Waals surface area (Å²) in [6.07, 6.45) is 0. The molecule has 31 heavy (non-hydrogen) atoms. The average molecular weight is 406 g/mol. The summed E-state index contributed by atoms with van der Waals surface area (Å²) in [6, 6.07) is 30.5. The van der Waals surface area contributed by atoms with Crippen LogP contribution < -0.4 is 15.8 Å². The van der Waals surface area contributed by atoms with E-state index < -0.39 is 0 Å². The van der Waals surface area contributed by atoms with Crippen LogP contribution in [0.3, 0.4) is 0 Å². The molecule has 0 amide bonds. The number of benzene rings is 4. The van der Waals surface area contributed by atoms with Gasteiger partial charge in [0, 0.05) is 36.4 Å². The molecule has 1 aromatic heterocycles. The monoisotopic (exact) mass is 405 g/mol. The summed E-state index contributed by atoms with van der Waals surface area (Å²) in [7, 11) is 4.04. The molecule has 0 aliphatic rings.